The van der Waals surface area contributed by atoms with Crippen molar-refractivity contribution in [3.05, 3.63) is 39.8 Å². The summed E-state index contributed by atoms with van der Waals surface area (Å²) < 4.78 is 34.2. The molecule has 0 aromatic carbocycles. The molecule has 1 N–H and O–H groups in total. The molecule has 10 heteroatoms. The highest BCUT2D eigenvalue weighted by Gasteiger charge is 2.34. The van der Waals surface area contributed by atoms with Crippen LogP contribution >= 0.6 is 0 Å². The molecule has 0 aliphatic carbocycles. The molecule has 9 nitrogen and oxygen atoms in total. The molecule has 1 saturated heterocycles. The number of ether oxygens (including phenoxy) is 1. The van der Waals surface area contributed by atoms with Crippen molar-refractivity contribution in [2.75, 3.05) is 19.7 Å². The third-order valence-electron chi connectivity index (χ3n) is 3.83. The summed E-state index contributed by atoms with van der Waals surface area (Å²) >= 11 is 0. The first-order valence-electron chi connectivity index (χ1n) is 7.47. The summed E-state index contributed by atoms with van der Waals surface area (Å²) in [5, 5.41) is 4.09. The average molecular weight is 353 g/mol. The van der Waals surface area contributed by atoms with Crippen LogP contribution in [-0.2, 0) is 21.8 Å². The Morgan fingerprint density at radius 2 is 2.12 bits per heavy atom. The van der Waals surface area contributed by atoms with Gasteiger partial charge in [-0.25, -0.2) is 13.4 Å². The molecule has 1 aliphatic rings. The van der Waals surface area contributed by atoms with Crippen molar-refractivity contribution in [3.8, 4) is 0 Å². The highest BCUT2D eigenvalue weighted by atomic mass is 32.2. The Bertz CT molecular complexity index is 917. The van der Waals surface area contributed by atoms with Crippen molar-refractivity contribution in [3.63, 3.8) is 0 Å². The Morgan fingerprint density at radius 1 is 1.38 bits per heavy atom. The van der Waals surface area contributed by atoms with Gasteiger partial charge in [-0.05, 0) is 13.8 Å². The van der Waals surface area contributed by atoms with Gasteiger partial charge in [0.15, 0.2) is 0 Å². The van der Waals surface area contributed by atoms with Crippen molar-refractivity contribution >= 4 is 10.0 Å². The Labute approximate surface area is 139 Å². The van der Waals surface area contributed by atoms with E-state index in [0.29, 0.717) is 17.2 Å². The van der Waals surface area contributed by atoms with Crippen molar-refractivity contribution < 1.29 is 13.2 Å². The molecule has 0 spiro atoms. The van der Waals surface area contributed by atoms with E-state index in [1.165, 1.54) is 21.3 Å². The van der Waals surface area contributed by atoms with Crippen LogP contribution in [0, 0.1) is 13.8 Å². The number of nitrogens with one attached hydrogen (secondary N) is 1. The van der Waals surface area contributed by atoms with Crippen LogP contribution in [0.5, 0.6) is 0 Å². The number of aryl methyl sites for hydroxylation is 3. The predicted molar refractivity (Wildman–Crippen MR) is 85.0 cm³/mol. The van der Waals surface area contributed by atoms with Gasteiger partial charge < -0.3 is 9.72 Å². The monoisotopic (exact) mass is 353 g/mol. The Morgan fingerprint density at radius 3 is 2.75 bits per heavy atom. The van der Waals surface area contributed by atoms with E-state index in [1.54, 1.807) is 20.9 Å². The molecule has 0 amide bonds. The number of H-pyrrole nitrogens is 1. The highest BCUT2D eigenvalue weighted by molar-refractivity contribution is 7.89. The minimum absolute atomic E-state index is 0.104. The number of morpholine rings is 1. The SMILES string of the molecule is Cc1nc([C@H]2CN(S(=O)(=O)c3cn(C)nc3C)CCO2)cc(=O)[nH]1. The van der Waals surface area contributed by atoms with E-state index >= 15 is 0 Å². The fourth-order valence-corrected chi connectivity index (χ4v) is 4.39. The van der Waals surface area contributed by atoms with Gasteiger partial charge in [0.05, 0.1) is 18.0 Å². The van der Waals surface area contributed by atoms with E-state index in [1.807, 2.05) is 0 Å². The average Bonchev–Trinajstić information content (AvgIpc) is 2.86. The van der Waals surface area contributed by atoms with Gasteiger partial charge in [-0.3, -0.25) is 9.48 Å². The second-order valence-corrected chi connectivity index (χ2v) is 7.64. The lowest BCUT2D eigenvalue weighted by Gasteiger charge is -2.31. The number of aromatic amines is 1. The van der Waals surface area contributed by atoms with E-state index in [2.05, 4.69) is 15.1 Å². The van der Waals surface area contributed by atoms with E-state index in [-0.39, 0.29) is 30.2 Å². The van der Waals surface area contributed by atoms with Gasteiger partial charge in [-0.1, -0.05) is 0 Å². The third kappa shape index (κ3) is 3.12. The fourth-order valence-electron chi connectivity index (χ4n) is 2.76. The Hall–Kier alpha value is -2.04. The Balaban J connectivity index is 1.90. The minimum Gasteiger partial charge on any atom is -0.369 e. The predicted octanol–water partition coefficient (Wildman–Crippen LogP) is -0.118. The van der Waals surface area contributed by atoms with E-state index in [9.17, 15) is 13.2 Å². The molecule has 0 unspecified atom stereocenters. The third-order valence-corrected chi connectivity index (χ3v) is 5.79. The molecular weight excluding hydrogens is 334 g/mol. The first-order valence-corrected chi connectivity index (χ1v) is 8.91. The van der Waals surface area contributed by atoms with Gasteiger partial charge in [0.1, 0.15) is 16.8 Å². The van der Waals surface area contributed by atoms with Crippen molar-refractivity contribution in [1.82, 2.24) is 24.1 Å². The van der Waals surface area contributed by atoms with Gasteiger partial charge in [-0.15, -0.1) is 0 Å². The number of sulfonamides is 1. The summed E-state index contributed by atoms with van der Waals surface area (Å²) in [7, 11) is -2.00. The van der Waals surface area contributed by atoms with E-state index in [0.717, 1.165) is 0 Å². The quantitative estimate of drug-likeness (QED) is 0.824. The minimum atomic E-state index is -3.68. The number of aromatic nitrogens is 4. The zero-order valence-corrected chi connectivity index (χ0v) is 14.5. The molecule has 1 aliphatic heterocycles. The molecule has 3 rings (SSSR count). The zero-order valence-electron chi connectivity index (χ0n) is 13.7. The van der Waals surface area contributed by atoms with Gasteiger partial charge in [-0.2, -0.15) is 9.40 Å². The summed E-state index contributed by atoms with van der Waals surface area (Å²) in [6.07, 6.45) is 0.914. The van der Waals surface area contributed by atoms with Crippen LogP contribution in [0.4, 0.5) is 0 Å². The number of hydrogen-bond donors (Lipinski definition) is 1. The molecule has 1 atom stereocenters. The smallest absolute Gasteiger partial charge is 0.251 e. The maximum atomic E-state index is 12.9. The molecule has 2 aromatic rings. The van der Waals surface area contributed by atoms with Crippen molar-refractivity contribution in [2.24, 2.45) is 7.05 Å². The maximum absolute atomic E-state index is 12.9. The number of rotatable bonds is 3. The van der Waals surface area contributed by atoms with Crippen LogP contribution in [0.15, 0.2) is 22.0 Å². The van der Waals surface area contributed by atoms with Crippen LogP contribution in [0.2, 0.25) is 0 Å². The van der Waals surface area contributed by atoms with Gasteiger partial charge in [0.25, 0.3) is 5.56 Å². The molecule has 0 radical (unpaired) electrons. The molecule has 0 saturated carbocycles. The van der Waals surface area contributed by atoms with Crippen LogP contribution in [0.1, 0.15) is 23.3 Å². The standard InChI is InChI=1S/C14H19N5O4S/c1-9-13(8-18(3)17-9)24(21,22)19-4-5-23-12(7-19)11-6-14(20)16-10(2)15-11/h6,8,12H,4-5,7H2,1-3H3,(H,15,16,20)/t12-/m1/s1. The van der Waals surface area contributed by atoms with Crippen LogP contribution < -0.4 is 5.56 Å². The topological polar surface area (TPSA) is 110 Å². The first kappa shape index (κ1) is 16.8. The summed E-state index contributed by atoms with van der Waals surface area (Å²) in [5.74, 6) is 0.462. The normalized spacial score (nSPS) is 19.5. The largest absolute Gasteiger partial charge is 0.369 e. The lowest BCUT2D eigenvalue weighted by Crippen LogP contribution is -2.42. The number of hydrogen-bond acceptors (Lipinski definition) is 6. The fraction of sp³-hybridized carbons (Fsp3) is 0.500. The van der Waals surface area contributed by atoms with Crippen LogP contribution in [0.25, 0.3) is 0 Å². The first-order chi connectivity index (χ1) is 11.3. The summed E-state index contributed by atoms with van der Waals surface area (Å²) in [6.45, 7) is 3.91. The second kappa shape index (κ2) is 6.11. The van der Waals surface area contributed by atoms with Crippen LogP contribution in [-0.4, -0.2) is 52.2 Å². The highest BCUT2D eigenvalue weighted by Crippen LogP contribution is 2.26. The van der Waals surface area contributed by atoms with Crippen molar-refractivity contribution in [2.45, 2.75) is 24.8 Å². The molecular formula is C14H19N5O4S. The maximum Gasteiger partial charge on any atom is 0.251 e. The molecule has 3 heterocycles. The van der Waals surface area contributed by atoms with E-state index < -0.39 is 16.1 Å². The summed E-state index contributed by atoms with van der Waals surface area (Å²) in [5.41, 5.74) is 0.592. The van der Waals surface area contributed by atoms with E-state index in [4.69, 9.17) is 4.74 Å². The lowest BCUT2D eigenvalue weighted by atomic mass is 10.2. The summed E-state index contributed by atoms with van der Waals surface area (Å²) in [4.78, 5) is 18.6. The molecule has 1 fully saturated rings. The zero-order chi connectivity index (χ0) is 17.5. The molecule has 2 aromatic heterocycles. The Kier molecular flexibility index (Phi) is 4.28. The number of nitrogens with zero attached hydrogens (tertiary/aromatic N) is 4. The second-order valence-electron chi connectivity index (χ2n) is 5.73. The van der Waals surface area contributed by atoms with Gasteiger partial charge in [0.2, 0.25) is 10.0 Å². The summed E-state index contributed by atoms with van der Waals surface area (Å²) in [6, 6.07) is 1.34. The lowest BCUT2D eigenvalue weighted by molar-refractivity contribution is -0.00516. The van der Waals surface area contributed by atoms with Crippen molar-refractivity contribution in [1.29, 1.82) is 0 Å². The van der Waals surface area contributed by atoms with Gasteiger partial charge in [0, 0.05) is 32.4 Å². The van der Waals surface area contributed by atoms with Gasteiger partial charge >= 0.3 is 0 Å². The molecule has 24 heavy (non-hydrogen) atoms. The van der Waals surface area contributed by atoms with Crippen LogP contribution in [0.3, 0.4) is 0 Å². The molecule has 0 bridgehead atoms. The molecule has 130 valence electrons.